The predicted octanol–water partition coefficient (Wildman–Crippen LogP) is 2.65. The maximum absolute atomic E-state index is 13.7. The largest absolute Gasteiger partial charge is 0.364 e. The van der Waals surface area contributed by atoms with Crippen molar-refractivity contribution in [3.05, 3.63) is 34.1 Å². The first-order valence-corrected chi connectivity index (χ1v) is 7.00. The second-order valence-corrected chi connectivity index (χ2v) is 4.97. The number of likely N-dealkylation sites (N-methyl/N-ethyl adjacent to an activating group) is 1. The lowest BCUT2D eigenvalue weighted by molar-refractivity contribution is -0.386. The summed E-state index contributed by atoms with van der Waals surface area (Å²) < 4.78 is 13.7. The molecule has 0 aliphatic carbocycles. The van der Waals surface area contributed by atoms with E-state index in [0.29, 0.717) is 18.3 Å². The summed E-state index contributed by atoms with van der Waals surface area (Å²) in [4.78, 5) is 14.7. The molecule has 1 heterocycles. The highest BCUT2D eigenvalue weighted by atomic mass is 19.1. The standard InChI is InChI=1S/C14H20FN3O2/c1-3-16(4-2)11-8-9-17(10-11)13-7-5-6-12(15)14(13)18(19)20/h5-7,11H,3-4,8-10H2,1-2H3. The van der Waals surface area contributed by atoms with Crippen LogP contribution in [0, 0.1) is 15.9 Å². The van der Waals surface area contributed by atoms with Crippen molar-refractivity contribution in [3.63, 3.8) is 0 Å². The minimum atomic E-state index is -0.765. The van der Waals surface area contributed by atoms with Gasteiger partial charge in [0.05, 0.1) is 4.92 Å². The van der Waals surface area contributed by atoms with E-state index in [4.69, 9.17) is 0 Å². The van der Waals surface area contributed by atoms with E-state index in [1.165, 1.54) is 6.07 Å². The van der Waals surface area contributed by atoms with Crippen molar-refractivity contribution in [1.82, 2.24) is 4.90 Å². The lowest BCUT2D eigenvalue weighted by Gasteiger charge is -2.26. The van der Waals surface area contributed by atoms with Crippen LogP contribution in [0.2, 0.25) is 0 Å². The number of hydrogen-bond donors (Lipinski definition) is 0. The number of nitro groups is 1. The smallest absolute Gasteiger partial charge is 0.327 e. The Kier molecular flexibility index (Phi) is 4.54. The van der Waals surface area contributed by atoms with Crippen molar-refractivity contribution >= 4 is 11.4 Å². The van der Waals surface area contributed by atoms with Gasteiger partial charge in [0.25, 0.3) is 0 Å². The number of halogens is 1. The van der Waals surface area contributed by atoms with Gasteiger partial charge in [-0.05, 0) is 31.6 Å². The summed E-state index contributed by atoms with van der Waals surface area (Å²) in [6.45, 7) is 7.57. The van der Waals surface area contributed by atoms with Crippen LogP contribution in [0.25, 0.3) is 0 Å². The molecule has 0 bridgehead atoms. The first-order chi connectivity index (χ1) is 9.58. The van der Waals surface area contributed by atoms with E-state index in [-0.39, 0.29) is 0 Å². The SMILES string of the molecule is CCN(CC)C1CCN(c2cccc(F)c2[N+](=O)[O-])C1. The van der Waals surface area contributed by atoms with Crippen LogP contribution in [-0.2, 0) is 0 Å². The molecule has 5 nitrogen and oxygen atoms in total. The number of benzene rings is 1. The lowest BCUT2D eigenvalue weighted by Crippen LogP contribution is -2.37. The molecule has 1 saturated heterocycles. The quantitative estimate of drug-likeness (QED) is 0.615. The van der Waals surface area contributed by atoms with Crippen LogP contribution < -0.4 is 4.90 Å². The Hall–Kier alpha value is -1.69. The number of rotatable bonds is 5. The van der Waals surface area contributed by atoms with Gasteiger partial charge in [0, 0.05) is 19.1 Å². The molecule has 1 fully saturated rings. The van der Waals surface area contributed by atoms with Gasteiger partial charge in [0.1, 0.15) is 5.69 Å². The topological polar surface area (TPSA) is 49.6 Å². The second kappa shape index (κ2) is 6.17. The van der Waals surface area contributed by atoms with Gasteiger partial charge in [-0.3, -0.25) is 15.0 Å². The molecule has 0 N–H and O–H groups in total. The Morgan fingerprint density at radius 3 is 2.75 bits per heavy atom. The van der Waals surface area contributed by atoms with Crippen LogP contribution in [0.3, 0.4) is 0 Å². The molecule has 0 aromatic heterocycles. The van der Waals surface area contributed by atoms with Crippen LogP contribution in [0.4, 0.5) is 15.8 Å². The van der Waals surface area contributed by atoms with Gasteiger partial charge in [-0.1, -0.05) is 19.9 Å². The van der Waals surface area contributed by atoms with Crippen molar-refractivity contribution in [2.45, 2.75) is 26.3 Å². The summed E-state index contributed by atoms with van der Waals surface area (Å²) in [6.07, 6.45) is 0.954. The van der Waals surface area contributed by atoms with E-state index in [1.807, 2.05) is 4.90 Å². The van der Waals surface area contributed by atoms with Crippen molar-refractivity contribution in [2.75, 3.05) is 31.1 Å². The summed E-state index contributed by atoms with van der Waals surface area (Å²) in [6, 6.07) is 4.68. The molecule has 1 aromatic rings. The van der Waals surface area contributed by atoms with Crippen LogP contribution >= 0.6 is 0 Å². The molecule has 6 heteroatoms. The normalized spacial score (nSPS) is 18.8. The van der Waals surface area contributed by atoms with Crippen LogP contribution in [-0.4, -0.2) is 42.0 Å². The highest BCUT2D eigenvalue weighted by molar-refractivity contribution is 5.64. The van der Waals surface area contributed by atoms with Crippen molar-refractivity contribution in [1.29, 1.82) is 0 Å². The van der Waals surface area contributed by atoms with Crippen LogP contribution in [0.15, 0.2) is 18.2 Å². The van der Waals surface area contributed by atoms with Gasteiger partial charge in [-0.25, -0.2) is 0 Å². The Labute approximate surface area is 118 Å². The van der Waals surface area contributed by atoms with E-state index in [2.05, 4.69) is 18.7 Å². The first-order valence-electron chi connectivity index (χ1n) is 7.00. The molecule has 0 radical (unpaired) electrons. The third kappa shape index (κ3) is 2.75. The van der Waals surface area contributed by atoms with Gasteiger partial charge in [-0.15, -0.1) is 0 Å². The Balaban J connectivity index is 2.22. The number of nitrogens with zero attached hydrogens (tertiary/aromatic N) is 3. The molecule has 20 heavy (non-hydrogen) atoms. The number of nitro benzene ring substituents is 1. The summed E-state index contributed by atoms with van der Waals surface area (Å²) in [5, 5.41) is 11.1. The van der Waals surface area contributed by atoms with Crippen molar-refractivity contribution < 1.29 is 9.31 Å². The average Bonchev–Trinajstić information content (AvgIpc) is 2.89. The fourth-order valence-corrected chi connectivity index (χ4v) is 2.94. The fourth-order valence-electron chi connectivity index (χ4n) is 2.94. The molecule has 0 saturated carbocycles. The zero-order valence-corrected chi connectivity index (χ0v) is 11.9. The molecule has 1 aliphatic heterocycles. The van der Waals surface area contributed by atoms with Gasteiger partial charge in [-0.2, -0.15) is 4.39 Å². The summed E-state index contributed by atoms with van der Waals surface area (Å²) in [7, 11) is 0. The monoisotopic (exact) mass is 281 g/mol. The predicted molar refractivity (Wildman–Crippen MR) is 76.6 cm³/mol. The van der Waals surface area contributed by atoms with Gasteiger partial charge < -0.3 is 4.90 Å². The molecule has 0 amide bonds. The lowest BCUT2D eigenvalue weighted by atomic mass is 10.2. The maximum atomic E-state index is 13.7. The Morgan fingerprint density at radius 1 is 1.45 bits per heavy atom. The Bertz CT molecular complexity index is 491. The summed E-state index contributed by atoms with van der Waals surface area (Å²) in [5.41, 5.74) is -0.0163. The van der Waals surface area contributed by atoms with E-state index in [1.54, 1.807) is 6.07 Å². The molecule has 110 valence electrons. The molecule has 1 aromatic carbocycles. The molecular formula is C14H20FN3O2. The third-order valence-corrected chi connectivity index (χ3v) is 3.98. The summed E-state index contributed by atoms with van der Waals surface area (Å²) >= 11 is 0. The van der Waals surface area contributed by atoms with E-state index in [0.717, 1.165) is 32.1 Å². The van der Waals surface area contributed by atoms with Gasteiger partial charge in [0.2, 0.25) is 5.82 Å². The first kappa shape index (κ1) is 14.7. The van der Waals surface area contributed by atoms with Gasteiger partial charge >= 0.3 is 5.69 Å². The van der Waals surface area contributed by atoms with Crippen molar-refractivity contribution in [2.24, 2.45) is 0 Å². The van der Waals surface area contributed by atoms with Crippen LogP contribution in [0.1, 0.15) is 20.3 Å². The van der Waals surface area contributed by atoms with E-state index < -0.39 is 16.4 Å². The summed E-state index contributed by atoms with van der Waals surface area (Å²) in [5.74, 6) is -0.765. The number of hydrogen-bond acceptors (Lipinski definition) is 4. The van der Waals surface area contributed by atoms with Crippen molar-refractivity contribution in [3.8, 4) is 0 Å². The second-order valence-electron chi connectivity index (χ2n) is 4.97. The van der Waals surface area contributed by atoms with Gasteiger partial charge in [0.15, 0.2) is 0 Å². The minimum Gasteiger partial charge on any atom is -0.364 e. The highest BCUT2D eigenvalue weighted by Crippen LogP contribution is 2.33. The zero-order chi connectivity index (χ0) is 14.7. The third-order valence-electron chi connectivity index (χ3n) is 3.98. The molecule has 1 atom stereocenters. The fraction of sp³-hybridized carbons (Fsp3) is 0.571. The van der Waals surface area contributed by atoms with E-state index in [9.17, 15) is 14.5 Å². The average molecular weight is 281 g/mol. The zero-order valence-electron chi connectivity index (χ0n) is 11.9. The minimum absolute atomic E-state index is 0.382. The highest BCUT2D eigenvalue weighted by Gasteiger charge is 2.31. The van der Waals surface area contributed by atoms with Crippen LogP contribution in [0.5, 0.6) is 0 Å². The maximum Gasteiger partial charge on any atom is 0.327 e. The molecule has 2 rings (SSSR count). The molecular weight excluding hydrogens is 261 g/mol. The van der Waals surface area contributed by atoms with E-state index >= 15 is 0 Å². The number of para-hydroxylation sites is 1. The molecule has 1 unspecified atom stereocenters. The Morgan fingerprint density at radius 2 is 2.15 bits per heavy atom. The molecule has 1 aliphatic rings. The number of anilines is 1. The molecule has 0 spiro atoms.